The second-order valence-electron chi connectivity index (χ2n) is 2.69. The molecular weight excluding hydrogens is 255 g/mol. The highest BCUT2D eigenvalue weighted by atomic mass is 79.9. The number of rotatable bonds is 0. The van der Waals surface area contributed by atoms with Crippen molar-refractivity contribution in [3.63, 3.8) is 0 Å². The van der Waals surface area contributed by atoms with Crippen LogP contribution in [0.2, 0.25) is 5.02 Å². The van der Waals surface area contributed by atoms with Gasteiger partial charge < -0.3 is 10.6 Å². The Morgan fingerprint density at radius 1 is 1.46 bits per heavy atom. The Balaban J connectivity index is 2.54. The minimum absolute atomic E-state index is 0.0764. The average Bonchev–Trinajstić information content (AvgIpc) is 2.12. The Hall–Kier alpha value is -0.740. The van der Waals surface area contributed by atoms with E-state index < -0.39 is 0 Å². The SMILES string of the molecule is O=C1CNc2ccc(Br)c(Cl)c2N1. The van der Waals surface area contributed by atoms with Crippen LogP contribution >= 0.6 is 27.5 Å². The smallest absolute Gasteiger partial charge is 0.243 e. The van der Waals surface area contributed by atoms with Crippen LogP contribution in [0.25, 0.3) is 0 Å². The summed E-state index contributed by atoms with van der Waals surface area (Å²) in [7, 11) is 0. The Labute approximate surface area is 88.6 Å². The number of carbonyl (C=O) groups excluding carboxylic acids is 1. The van der Waals surface area contributed by atoms with E-state index in [1.165, 1.54) is 0 Å². The Kier molecular flexibility index (Phi) is 2.17. The molecule has 1 heterocycles. The molecule has 68 valence electrons. The summed E-state index contributed by atoms with van der Waals surface area (Å²) in [6, 6.07) is 3.70. The van der Waals surface area contributed by atoms with Gasteiger partial charge in [-0.15, -0.1) is 0 Å². The standard InChI is InChI=1S/C8H6BrClN2O/c9-4-1-2-5-8(7(4)10)12-6(13)3-11-5/h1-2,11H,3H2,(H,12,13). The molecule has 5 heteroatoms. The monoisotopic (exact) mass is 260 g/mol. The van der Waals surface area contributed by atoms with E-state index in [4.69, 9.17) is 11.6 Å². The summed E-state index contributed by atoms with van der Waals surface area (Å²) in [6.45, 7) is 0.297. The molecule has 0 aliphatic carbocycles. The molecule has 0 aromatic heterocycles. The molecule has 0 saturated heterocycles. The molecule has 3 nitrogen and oxygen atoms in total. The molecule has 0 unspecified atom stereocenters. The molecule has 2 rings (SSSR count). The summed E-state index contributed by atoms with van der Waals surface area (Å²) < 4.78 is 0.775. The fourth-order valence-electron chi connectivity index (χ4n) is 1.18. The topological polar surface area (TPSA) is 41.1 Å². The van der Waals surface area contributed by atoms with Crippen molar-refractivity contribution >= 4 is 44.8 Å². The van der Waals surface area contributed by atoms with Gasteiger partial charge in [0.15, 0.2) is 0 Å². The summed E-state index contributed by atoms with van der Waals surface area (Å²) in [5.41, 5.74) is 1.50. The van der Waals surface area contributed by atoms with Gasteiger partial charge in [0.2, 0.25) is 5.91 Å². The molecule has 0 radical (unpaired) electrons. The average molecular weight is 262 g/mol. The van der Waals surface area contributed by atoms with Crippen LogP contribution in [-0.4, -0.2) is 12.5 Å². The van der Waals surface area contributed by atoms with Crippen LogP contribution in [0.3, 0.4) is 0 Å². The first kappa shape index (κ1) is 8.84. The highest BCUT2D eigenvalue weighted by molar-refractivity contribution is 9.10. The maximum atomic E-state index is 11.0. The van der Waals surface area contributed by atoms with Crippen LogP contribution in [0, 0.1) is 0 Å². The van der Waals surface area contributed by atoms with E-state index in [0.29, 0.717) is 17.3 Å². The van der Waals surface area contributed by atoms with Gasteiger partial charge in [-0.2, -0.15) is 0 Å². The minimum Gasteiger partial charge on any atom is -0.374 e. The minimum atomic E-state index is -0.0764. The molecule has 1 aliphatic rings. The molecule has 0 fully saturated rings. The molecule has 0 spiro atoms. The molecular formula is C8H6BrClN2O. The summed E-state index contributed by atoms with van der Waals surface area (Å²) in [4.78, 5) is 11.0. The van der Waals surface area contributed by atoms with Gasteiger partial charge in [-0.05, 0) is 28.1 Å². The zero-order valence-electron chi connectivity index (χ0n) is 6.53. The van der Waals surface area contributed by atoms with Gasteiger partial charge in [0.05, 0.1) is 22.9 Å². The van der Waals surface area contributed by atoms with Crippen molar-refractivity contribution in [2.24, 2.45) is 0 Å². The van der Waals surface area contributed by atoms with Gasteiger partial charge in [-0.25, -0.2) is 0 Å². The van der Waals surface area contributed by atoms with Gasteiger partial charge in [0, 0.05) is 4.47 Å². The largest absolute Gasteiger partial charge is 0.374 e. The molecule has 1 amide bonds. The summed E-state index contributed by atoms with van der Waals surface area (Å²) in [6.07, 6.45) is 0. The zero-order chi connectivity index (χ0) is 9.42. The normalized spacial score (nSPS) is 14.5. The summed E-state index contributed by atoms with van der Waals surface area (Å²) >= 11 is 9.26. The van der Waals surface area contributed by atoms with Crippen LogP contribution in [0.4, 0.5) is 11.4 Å². The van der Waals surface area contributed by atoms with Crippen LogP contribution in [0.5, 0.6) is 0 Å². The molecule has 2 N–H and O–H groups in total. The van der Waals surface area contributed by atoms with Crippen LogP contribution < -0.4 is 10.6 Å². The van der Waals surface area contributed by atoms with Crippen LogP contribution in [-0.2, 0) is 4.79 Å². The second kappa shape index (κ2) is 3.20. The second-order valence-corrected chi connectivity index (χ2v) is 3.92. The van der Waals surface area contributed by atoms with Gasteiger partial charge >= 0.3 is 0 Å². The maximum absolute atomic E-state index is 11.0. The van der Waals surface area contributed by atoms with Crippen molar-refractivity contribution in [2.45, 2.75) is 0 Å². The lowest BCUT2D eigenvalue weighted by Gasteiger charge is -2.20. The fraction of sp³-hybridized carbons (Fsp3) is 0.125. The van der Waals surface area contributed by atoms with Crippen molar-refractivity contribution in [3.8, 4) is 0 Å². The number of fused-ring (bicyclic) bond motifs is 1. The van der Waals surface area contributed by atoms with Crippen molar-refractivity contribution in [1.29, 1.82) is 0 Å². The van der Waals surface area contributed by atoms with Crippen molar-refractivity contribution in [2.75, 3.05) is 17.2 Å². The highest BCUT2D eigenvalue weighted by Crippen LogP contribution is 2.37. The molecule has 1 aromatic rings. The number of benzene rings is 1. The van der Waals surface area contributed by atoms with Gasteiger partial charge in [-0.1, -0.05) is 11.6 Å². The Morgan fingerprint density at radius 2 is 2.23 bits per heavy atom. The van der Waals surface area contributed by atoms with Gasteiger partial charge in [0.1, 0.15) is 0 Å². The third-order valence-electron chi connectivity index (χ3n) is 1.80. The zero-order valence-corrected chi connectivity index (χ0v) is 8.87. The first-order valence-corrected chi connectivity index (χ1v) is 4.87. The van der Waals surface area contributed by atoms with Crippen molar-refractivity contribution < 1.29 is 4.79 Å². The molecule has 13 heavy (non-hydrogen) atoms. The number of carbonyl (C=O) groups is 1. The fourth-order valence-corrected chi connectivity index (χ4v) is 1.72. The molecule has 1 aromatic carbocycles. The lowest BCUT2D eigenvalue weighted by atomic mass is 10.2. The number of halogens is 2. The maximum Gasteiger partial charge on any atom is 0.243 e. The van der Waals surface area contributed by atoms with Gasteiger partial charge in [0.25, 0.3) is 0 Å². The third-order valence-corrected chi connectivity index (χ3v) is 3.08. The van der Waals surface area contributed by atoms with E-state index >= 15 is 0 Å². The van der Waals surface area contributed by atoms with E-state index in [9.17, 15) is 4.79 Å². The Bertz CT molecular complexity index is 381. The lowest BCUT2D eigenvalue weighted by molar-refractivity contribution is -0.114. The quantitative estimate of drug-likeness (QED) is 0.753. The predicted octanol–water partition coefficient (Wildman–Crippen LogP) is 2.47. The number of anilines is 2. The molecule has 0 saturated carbocycles. The van der Waals surface area contributed by atoms with Crippen LogP contribution in [0.15, 0.2) is 16.6 Å². The van der Waals surface area contributed by atoms with Crippen LogP contribution in [0.1, 0.15) is 0 Å². The van der Waals surface area contributed by atoms with Crippen molar-refractivity contribution in [1.82, 2.24) is 0 Å². The number of hydrogen-bond acceptors (Lipinski definition) is 2. The summed E-state index contributed by atoms with van der Waals surface area (Å²) in [5, 5.41) is 6.19. The van der Waals surface area contributed by atoms with Crippen molar-refractivity contribution in [3.05, 3.63) is 21.6 Å². The Morgan fingerprint density at radius 3 is 3.00 bits per heavy atom. The highest BCUT2D eigenvalue weighted by Gasteiger charge is 2.17. The molecule has 0 bridgehead atoms. The number of hydrogen-bond donors (Lipinski definition) is 2. The van der Waals surface area contributed by atoms with Gasteiger partial charge in [-0.3, -0.25) is 4.79 Å². The number of amides is 1. The molecule has 0 atom stereocenters. The number of nitrogens with one attached hydrogen (secondary N) is 2. The summed E-state index contributed by atoms with van der Waals surface area (Å²) in [5.74, 6) is -0.0764. The van der Waals surface area contributed by atoms with E-state index in [1.54, 1.807) is 0 Å². The van der Waals surface area contributed by atoms with E-state index in [1.807, 2.05) is 12.1 Å². The van der Waals surface area contributed by atoms with E-state index in [-0.39, 0.29) is 5.91 Å². The first-order valence-electron chi connectivity index (χ1n) is 3.70. The third kappa shape index (κ3) is 1.51. The predicted molar refractivity (Wildman–Crippen MR) is 56.3 cm³/mol. The first-order chi connectivity index (χ1) is 6.18. The lowest BCUT2D eigenvalue weighted by Crippen LogP contribution is -2.27. The van der Waals surface area contributed by atoms with E-state index in [0.717, 1.165) is 10.2 Å². The van der Waals surface area contributed by atoms with E-state index in [2.05, 4.69) is 26.6 Å². The molecule has 1 aliphatic heterocycles.